The summed E-state index contributed by atoms with van der Waals surface area (Å²) in [4.78, 5) is 29.9. The van der Waals surface area contributed by atoms with E-state index >= 15 is 0 Å². The van der Waals surface area contributed by atoms with Gasteiger partial charge in [0.25, 0.3) is 0 Å². The van der Waals surface area contributed by atoms with Crippen molar-refractivity contribution in [2.75, 3.05) is 43.5 Å². The van der Waals surface area contributed by atoms with Gasteiger partial charge in [-0.05, 0) is 37.3 Å². The van der Waals surface area contributed by atoms with Gasteiger partial charge < -0.3 is 15.4 Å². The number of carbonyl (C=O) groups is 1. The maximum atomic E-state index is 12.3. The van der Waals surface area contributed by atoms with Crippen LogP contribution in [0, 0.1) is 11.3 Å². The monoisotopic (exact) mass is 397 g/mol. The maximum Gasteiger partial charge on any atom is 0.231 e. The molecule has 3 N–H and O–H groups in total. The second-order valence-electron chi connectivity index (χ2n) is 8.01. The van der Waals surface area contributed by atoms with Crippen LogP contribution in [-0.2, 0) is 9.53 Å². The zero-order valence-electron chi connectivity index (χ0n) is 16.6. The van der Waals surface area contributed by atoms with Crippen molar-refractivity contribution in [1.82, 2.24) is 25.3 Å². The van der Waals surface area contributed by atoms with Gasteiger partial charge in [0.2, 0.25) is 11.9 Å². The van der Waals surface area contributed by atoms with Crippen LogP contribution in [0.15, 0.2) is 24.7 Å². The molecule has 1 amide bonds. The molecular weight excluding hydrogens is 370 g/mol. The number of hydrogen-bond donors (Lipinski definition) is 3. The normalized spacial score (nSPS) is 20.9. The Bertz CT molecular complexity index is 848. The molecule has 2 fully saturated rings. The average Bonchev–Trinajstić information content (AvgIpc) is 3.29. The lowest BCUT2D eigenvalue weighted by Crippen LogP contribution is -2.33. The van der Waals surface area contributed by atoms with Crippen molar-refractivity contribution in [3.63, 3.8) is 0 Å². The molecule has 1 atom stereocenters. The molecule has 9 nitrogen and oxygen atoms in total. The number of hydrogen-bond acceptors (Lipinski definition) is 8. The van der Waals surface area contributed by atoms with Gasteiger partial charge in [0.15, 0.2) is 0 Å². The van der Waals surface area contributed by atoms with E-state index in [1.165, 1.54) is 0 Å². The number of anilines is 2. The number of carbonyl (C=O) groups excluding carboxylic acids is 1. The second-order valence-corrected chi connectivity index (χ2v) is 8.01. The Kier molecular flexibility index (Phi) is 5.96. The topological polar surface area (TPSA) is 114 Å². The third-order valence-corrected chi connectivity index (χ3v) is 5.61. The zero-order valence-corrected chi connectivity index (χ0v) is 16.6. The highest BCUT2D eigenvalue weighted by molar-refractivity contribution is 5.91. The quantitative estimate of drug-likeness (QED) is 0.675. The van der Waals surface area contributed by atoms with Gasteiger partial charge >= 0.3 is 0 Å². The van der Waals surface area contributed by atoms with Crippen LogP contribution in [0.25, 0.3) is 11.4 Å². The molecule has 2 aliphatic heterocycles. The fraction of sp³-hybridized carbons (Fsp3) is 0.550. The second kappa shape index (κ2) is 8.79. The lowest BCUT2D eigenvalue weighted by molar-refractivity contribution is -0.119. The Morgan fingerprint density at radius 1 is 1.28 bits per heavy atom. The predicted molar refractivity (Wildman–Crippen MR) is 109 cm³/mol. The minimum Gasteiger partial charge on any atom is -0.381 e. The predicted octanol–water partition coefficient (Wildman–Crippen LogP) is 1.71. The first-order valence-corrected chi connectivity index (χ1v) is 10.1. The molecule has 2 saturated heterocycles. The van der Waals surface area contributed by atoms with Crippen LogP contribution < -0.4 is 16.0 Å². The Morgan fingerprint density at radius 2 is 2.14 bits per heavy atom. The molecule has 2 aromatic heterocycles. The van der Waals surface area contributed by atoms with Crippen LogP contribution in [0.4, 0.5) is 11.8 Å². The molecule has 0 radical (unpaired) electrons. The van der Waals surface area contributed by atoms with Crippen molar-refractivity contribution < 1.29 is 9.53 Å². The number of nitrogens with one attached hydrogen (secondary N) is 3. The fourth-order valence-corrected chi connectivity index (χ4v) is 3.57. The molecule has 0 saturated carbocycles. The third kappa shape index (κ3) is 5.04. The van der Waals surface area contributed by atoms with Crippen molar-refractivity contribution in [1.29, 1.82) is 0 Å². The van der Waals surface area contributed by atoms with Gasteiger partial charge in [-0.1, -0.05) is 6.92 Å². The van der Waals surface area contributed by atoms with Gasteiger partial charge in [-0.2, -0.15) is 0 Å². The van der Waals surface area contributed by atoms with Crippen LogP contribution in [0.5, 0.6) is 0 Å². The van der Waals surface area contributed by atoms with Crippen LogP contribution in [0.3, 0.4) is 0 Å². The number of amides is 1. The van der Waals surface area contributed by atoms with E-state index in [1.807, 2.05) is 0 Å². The molecule has 154 valence electrons. The smallest absolute Gasteiger partial charge is 0.231 e. The Hall–Kier alpha value is -2.65. The molecule has 4 heterocycles. The van der Waals surface area contributed by atoms with Crippen molar-refractivity contribution >= 4 is 17.7 Å². The van der Waals surface area contributed by atoms with E-state index in [1.54, 1.807) is 24.7 Å². The first-order chi connectivity index (χ1) is 14.1. The average molecular weight is 397 g/mol. The number of aromatic nitrogens is 4. The van der Waals surface area contributed by atoms with Gasteiger partial charge in [-0.25, -0.2) is 15.0 Å². The van der Waals surface area contributed by atoms with Gasteiger partial charge in [-0.15, -0.1) is 0 Å². The molecule has 0 aliphatic carbocycles. The summed E-state index contributed by atoms with van der Waals surface area (Å²) < 4.78 is 5.46. The highest BCUT2D eigenvalue weighted by Gasteiger charge is 2.27. The minimum atomic E-state index is -0.0571. The summed E-state index contributed by atoms with van der Waals surface area (Å²) in [6.07, 6.45) is 7.88. The van der Waals surface area contributed by atoms with E-state index in [-0.39, 0.29) is 23.2 Å². The standard InChI is InChI=1S/C20H27N7O2/c1-20(4-8-29-9-5-20)13-24-17-12-22-11-16(25-17)15-3-7-23-19(26-15)27-18(28)14-2-6-21-10-14/h3,7,11-12,14,21H,2,4-6,8-10,13H2,1H3,(H,24,25)(H,23,26,27,28)/t14-/m1/s1. The Balaban J connectivity index is 1.43. The molecule has 2 aromatic rings. The molecule has 9 heteroatoms. The highest BCUT2D eigenvalue weighted by atomic mass is 16.5. The van der Waals surface area contributed by atoms with Gasteiger partial charge in [0, 0.05) is 32.5 Å². The summed E-state index contributed by atoms with van der Waals surface area (Å²) in [6, 6.07) is 1.76. The molecular formula is C20H27N7O2. The van der Waals surface area contributed by atoms with Gasteiger partial charge in [0.1, 0.15) is 11.5 Å². The van der Waals surface area contributed by atoms with Crippen molar-refractivity contribution in [3.05, 3.63) is 24.7 Å². The van der Waals surface area contributed by atoms with Crippen molar-refractivity contribution in [2.24, 2.45) is 11.3 Å². The zero-order chi connectivity index (χ0) is 20.1. The van der Waals surface area contributed by atoms with Gasteiger partial charge in [-0.3, -0.25) is 15.1 Å². The molecule has 0 spiro atoms. The van der Waals surface area contributed by atoms with E-state index in [9.17, 15) is 4.79 Å². The summed E-state index contributed by atoms with van der Waals surface area (Å²) in [5.74, 6) is 0.894. The summed E-state index contributed by atoms with van der Waals surface area (Å²) in [6.45, 7) is 6.23. The highest BCUT2D eigenvalue weighted by Crippen LogP contribution is 2.29. The summed E-state index contributed by atoms with van der Waals surface area (Å²) >= 11 is 0. The summed E-state index contributed by atoms with van der Waals surface area (Å²) in [5.41, 5.74) is 1.44. The molecule has 0 bridgehead atoms. The van der Waals surface area contributed by atoms with E-state index in [0.29, 0.717) is 23.8 Å². The maximum absolute atomic E-state index is 12.3. The minimum absolute atomic E-state index is 0.0406. The molecule has 0 aromatic carbocycles. The summed E-state index contributed by atoms with van der Waals surface area (Å²) in [7, 11) is 0. The number of nitrogens with zero attached hydrogens (tertiary/aromatic N) is 4. The van der Waals surface area contributed by atoms with E-state index < -0.39 is 0 Å². The Morgan fingerprint density at radius 3 is 2.93 bits per heavy atom. The fourth-order valence-electron chi connectivity index (χ4n) is 3.57. The number of ether oxygens (including phenoxy) is 1. The van der Waals surface area contributed by atoms with Crippen LogP contribution in [0.2, 0.25) is 0 Å². The molecule has 4 rings (SSSR count). The molecule has 29 heavy (non-hydrogen) atoms. The lowest BCUT2D eigenvalue weighted by Gasteiger charge is -2.33. The largest absolute Gasteiger partial charge is 0.381 e. The first kappa shape index (κ1) is 19.7. The van der Waals surface area contributed by atoms with E-state index in [2.05, 4.69) is 42.8 Å². The van der Waals surface area contributed by atoms with Crippen LogP contribution >= 0.6 is 0 Å². The molecule has 2 aliphatic rings. The third-order valence-electron chi connectivity index (χ3n) is 5.61. The van der Waals surface area contributed by atoms with Crippen molar-refractivity contribution in [3.8, 4) is 11.4 Å². The SMILES string of the molecule is CC1(CNc2cncc(-c3ccnc(NC(=O)[C@@H]4CCNC4)n3)n2)CCOCC1. The van der Waals surface area contributed by atoms with E-state index in [4.69, 9.17) is 4.74 Å². The first-order valence-electron chi connectivity index (χ1n) is 10.1. The molecule has 0 unspecified atom stereocenters. The lowest BCUT2D eigenvalue weighted by atomic mass is 9.82. The Labute approximate surface area is 170 Å². The van der Waals surface area contributed by atoms with Crippen LogP contribution in [0.1, 0.15) is 26.2 Å². The number of rotatable bonds is 6. The van der Waals surface area contributed by atoms with E-state index in [0.717, 1.165) is 45.6 Å². The van der Waals surface area contributed by atoms with Crippen LogP contribution in [-0.4, -0.2) is 58.7 Å². The summed E-state index contributed by atoms with van der Waals surface area (Å²) in [5, 5.41) is 9.39. The van der Waals surface area contributed by atoms with Crippen molar-refractivity contribution in [2.45, 2.75) is 26.2 Å². The van der Waals surface area contributed by atoms with Gasteiger partial charge in [0.05, 0.1) is 24.0 Å².